The van der Waals surface area contributed by atoms with Gasteiger partial charge in [-0.05, 0) is 25.1 Å². The normalized spacial score (nSPS) is 10.1. The molecule has 0 radical (unpaired) electrons. The Morgan fingerprint density at radius 1 is 1.50 bits per heavy atom. The monoisotopic (exact) mass is 235 g/mol. The smallest absolute Gasteiger partial charge is 0.212 e. The number of carbonyl (C=O) groups is 1. The molecule has 0 aliphatic heterocycles. The van der Waals surface area contributed by atoms with Gasteiger partial charge in [0.2, 0.25) is 6.41 Å². The molecule has 2 aromatic rings. The van der Waals surface area contributed by atoms with Gasteiger partial charge in [-0.1, -0.05) is 17.7 Å². The Kier molecular flexibility index (Phi) is 2.92. The van der Waals surface area contributed by atoms with Gasteiger partial charge in [0.1, 0.15) is 0 Å². The first-order valence-electron chi connectivity index (χ1n) is 4.73. The molecule has 1 N–H and O–H groups in total. The summed E-state index contributed by atoms with van der Waals surface area (Å²) in [5, 5.41) is 7.41. The number of benzene rings is 1. The van der Waals surface area contributed by atoms with Crippen LogP contribution in [0.15, 0.2) is 30.5 Å². The van der Waals surface area contributed by atoms with Crippen LogP contribution in [0, 0.1) is 6.92 Å². The van der Waals surface area contributed by atoms with E-state index < -0.39 is 0 Å². The SMILES string of the molecule is Cc1cn(-c2cccc(Cl)c2)nc1NC=O. The molecule has 1 amide bonds. The molecule has 82 valence electrons. The van der Waals surface area contributed by atoms with Crippen molar-refractivity contribution in [2.75, 3.05) is 5.32 Å². The number of anilines is 1. The Morgan fingerprint density at radius 2 is 2.31 bits per heavy atom. The predicted molar refractivity (Wildman–Crippen MR) is 63.0 cm³/mol. The van der Waals surface area contributed by atoms with Crippen LogP contribution in [0.1, 0.15) is 5.56 Å². The van der Waals surface area contributed by atoms with E-state index in [1.54, 1.807) is 16.8 Å². The zero-order chi connectivity index (χ0) is 11.5. The number of rotatable bonds is 3. The molecule has 16 heavy (non-hydrogen) atoms. The second-order valence-electron chi connectivity index (χ2n) is 3.35. The summed E-state index contributed by atoms with van der Waals surface area (Å²) in [5.74, 6) is 0.551. The third-order valence-electron chi connectivity index (χ3n) is 2.17. The van der Waals surface area contributed by atoms with Gasteiger partial charge < -0.3 is 5.32 Å². The Hall–Kier alpha value is -1.81. The number of nitrogens with one attached hydrogen (secondary N) is 1. The van der Waals surface area contributed by atoms with Gasteiger partial charge in [-0.3, -0.25) is 4.79 Å². The number of hydrogen-bond acceptors (Lipinski definition) is 2. The van der Waals surface area contributed by atoms with Crippen LogP contribution in [-0.2, 0) is 4.79 Å². The van der Waals surface area contributed by atoms with E-state index >= 15 is 0 Å². The maximum absolute atomic E-state index is 10.3. The first-order valence-corrected chi connectivity index (χ1v) is 5.11. The van der Waals surface area contributed by atoms with Crippen molar-refractivity contribution < 1.29 is 4.79 Å². The van der Waals surface area contributed by atoms with E-state index in [4.69, 9.17) is 11.6 Å². The Bertz CT molecular complexity index is 522. The number of nitrogens with zero attached hydrogens (tertiary/aromatic N) is 2. The van der Waals surface area contributed by atoms with Crippen LogP contribution >= 0.6 is 11.6 Å². The molecular formula is C11H10ClN3O. The van der Waals surface area contributed by atoms with Gasteiger partial charge in [0.05, 0.1) is 5.69 Å². The molecule has 1 heterocycles. The standard InChI is InChI=1S/C11H10ClN3O/c1-8-6-15(14-11(8)13-7-16)10-4-2-3-9(12)5-10/h2-7H,1H3,(H,13,14,16). The van der Waals surface area contributed by atoms with Crippen LogP contribution in [0.5, 0.6) is 0 Å². The Labute approximate surface area is 97.8 Å². The topological polar surface area (TPSA) is 46.9 Å². The quantitative estimate of drug-likeness (QED) is 0.831. The van der Waals surface area contributed by atoms with Crippen molar-refractivity contribution in [3.8, 4) is 5.69 Å². The minimum atomic E-state index is 0.551. The highest BCUT2D eigenvalue weighted by Crippen LogP contribution is 2.18. The molecular weight excluding hydrogens is 226 g/mol. The lowest BCUT2D eigenvalue weighted by Gasteiger charge is -2.00. The van der Waals surface area contributed by atoms with Crippen molar-refractivity contribution in [1.82, 2.24) is 9.78 Å². The van der Waals surface area contributed by atoms with Crippen LogP contribution in [0.3, 0.4) is 0 Å². The average molecular weight is 236 g/mol. The molecule has 2 rings (SSSR count). The third-order valence-corrected chi connectivity index (χ3v) is 2.40. The highest BCUT2D eigenvalue weighted by atomic mass is 35.5. The molecule has 0 atom stereocenters. The van der Waals surface area contributed by atoms with Crippen LogP contribution in [0.4, 0.5) is 5.82 Å². The van der Waals surface area contributed by atoms with E-state index in [9.17, 15) is 4.79 Å². The molecule has 1 aromatic heterocycles. The van der Waals surface area contributed by atoms with Gasteiger partial charge in [0, 0.05) is 16.8 Å². The second-order valence-corrected chi connectivity index (χ2v) is 3.78. The van der Waals surface area contributed by atoms with E-state index in [-0.39, 0.29) is 0 Å². The average Bonchev–Trinajstić information content (AvgIpc) is 2.61. The fourth-order valence-corrected chi connectivity index (χ4v) is 1.59. The fourth-order valence-electron chi connectivity index (χ4n) is 1.41. The lowest BCUT2D eigenvalue weighted by molar-refractivity contribution is -0.105. The molecule has 0 aliphatic rings. The number of carbonyl (C=O) groups excluding carboxylic acids is 1. The molecule has 0 spiro atoms. The van der Waals surface area contributed by atoms with Gasteiger partial charge in [0.15, 0.2) is 5.82 Å². The van der Waals surface area contributed by atoms with Crippen molar-refractivity contribution in [3.05, 3.63) is 41.0 Å². The Morgan fingerprint density at radius 3 is 3.00 bits per heavy atom. The van der Waals surface area contributed by atoms with Crippen molar-refractivity contribution >= 4 is 23.8 Å². The summed E-state index contributed by atoms with van der Waals surface area (Å²) in [7, 11) is 0. The van der Waals surface area contributed by atoms with Gasteiger partial charge in [0.25, 0.3) is 0 Å². The molecule has 4 nitrogen and oxygen atoms in total. The summed E-state index contributed by atoms with van der Waals surface area (Å²) in [6.07, 6.45) is 2.44. The first kappa shape index (κ1) is 10.7. The zero-order valence-corrected chi connectivity index (χ0v) is 9.40. The Balaban J connectivity index is 2.41. The fraction of sp³-hybridized carbons (Fsp3) is 0.0909. The van der Waals surface area contributed by atoms with E-state index in [0.29, 0.717) is 17.3 Å². The number of aromatic nitrogens is 2. The number of aryl methyl sites for hydroxylation is 1. The lowest BCUT2D eigenvalue weighted by Crippen LogP contribution is -1.98. The van der Waals surface area contributed by atoms with Crippen LogP contribution in [-0.4, -0.2) is 16.2 Å². The molecule has 0 saturated carbocycles. The summed E-state index contributed by atoms with van der Waals surface area (Å²) in [5.41, 5.74) is 1.75. The highest BCUT2D eigenvalue weighted by Gasteiger charge is 2.05. The summed E-state index contributed by atoms with van der Waals surface area (Å²) in [6.45, 7) is 1.87. The highest BCUT2D eigenvalue weighted by molar-refractivity contribution is 6.30. The minimum Gasteiger partial charge on any atom is -0.312 e. The molecule has 0 aliphatic carbocycles. The molecule has 5 heteroatoms. The summed E-state index contributed by atoms with van der Waals surface area (Å²) in [4.78, 5) is 10.3. The molecule has 0 fully saturated rings. The molecule has 0 bridgehead atoms. The van der Waals surface area contributed by atoms with E-state index in [0.717, 1.165) is 11.3 Å². The zero-order valence-electron chi connectivity index (χ0n) is 8.64. The number of amides is 1. The molecule has 1 aromatic carbocycles. The van der Waals surface area contributed by atoms with Crippen molar-refractivity contribution in [3.63, 3.8) is 0 Å². The van der Waals surface area contributed by atoms with Crippen molar-refractivity contribution in [2.24, 2.45) is 0 Å². The predicted octanol–water partition coefficient (Wildman–Crippen LogP) is 2.40. The summed E-state index contributed by atoms with van der Waals surface area (Å²) in [6, 6.07) is 7.34. The van der Waals surface area contributed by atoms with E-state index in [1.165, 1.54) is 0 Å². The van der Waals surface area contributed by atoms with Crippen molar-refractivity contribution in [1.29, 1.82) is 0 Å². The number of halogens is 1. The summed E-state index contributed by atoms with van der Waals surface area (Å²) < 4.78 is 1.67. The number of hydrogen-bond donors (Lipinski definition) is 1. The van der Waals surface area contributed by atoms with E-state index in [1.807, 2.05) is 25.3 Å². The van der Waals surface area contributed by atoms with Crippen LogP contribution in [0.25, 0.3) is 5.69 Å². The summed E-state index contributed by atoms with van der Waals surface area (Å²) >= 11 is 5.89. The van der Waals surface area contributed by atoms with Gasteiger partial charge >= 0.3 is 0 Å². The first-order chi connectivity index (χ1) is 7.70. The van der Waals surface area contributed by atoms with Gasteiger partial charge in [-0.25, -0.2) is 4.68 Å². The maximum Gasteiger partial charge on any atom is 0.212 e. The van der Waals surface area contributed by atoms with Crippen LogP contribution in [0.2, 0.25) is 5.02 Å². The van der Waals surface area contributed by atoms with E-state index in [2.05, 4.69) is 10.4 Å². The molecule has 0 unspecified atom stereocenters. The second kappa shape index (κ2) is 4.37. The minimum absolute atomic E-state index is 0.551. The van der Waals surface area contributed by atoms with Gasteiger partial charge in [-0.2, -0.15) is 0 Å². The third kappa shape index (κ3) is 2.06. The molecule has 0 saturated heterocycles. The lowest BCUT2D eigenvalue weighted by atomic mass is 10.3. The van der Waals surface area contributed by atoms with Crippen LogP contribution < -0.4 is 5.32 Å². The largest absolute Gasteiger partial charge is 0.312 e. The van der Waals surface area contributed by atoms with Gasteiger partial charge in [-0.15, -0.1) is 5.10 Å². The van der Waals surface area contributed by atoms with Crippen molar-refractivity contribution in [2.45, 2.75) is 6.92 Å². The maximum atomic E-state index is 10.3.